The molecule has 2 N–H and O–H groups in total. The highest BCUT2D eigenvalue weighted by atomic mass is 16.6. The lowest BCUT2D eigenvalue weighted by molar-refractivity contribution is -0.384. The zero-order chi connectivity index (χ0) is 15.7. The highest BCUT2D eigenvalue weighted by molar-refractivity contribution is 5.68. The summed E-state index contributed by atoms with van der Waals surface area (Å²) >= 11 is 0. The number of aromatic nitrogens is 2. The van der Waals surface area contributed by atoms with Gasteiger partial charge in [-0.2, -0.15) is 0 Å². The van der Waals surface area contributed by atoms with E-state index in [0.29, 0.717) is 13.0 Å². The average molecular weight is 296 g/mol. The number of non-ortho nitro benzene ring substituents is 1. The number of imidazole rings is 1. The van der Waals surface area contributed by atoms with Gasteiger partial charge in [-0.1, -0.05) is 0 Å². The van der Waals surface area contributed by atoms with Crippen LogP contribution in [0.3, 0.4) is 0 Å². The summed E-state index contributed by atoms with van der Waals surface area (Å²) in [6.45, 7) is 2.52. The van der Waals surface area contributed by atoms with E-state index in [1.807, 2.05) is 29.7 Å². The largest absolute Gasteiger partial charge is 0.330 e. The fraction of sp³-hybridized carbons (Fsp3) is 0.188. The average Bonchev–Trinajstić information content (AvgIpc) is 2.84. The molecular weight excluding hydrogens is 280 g/mol. The zero-order valence-electron chi connectivity index (χ0n) is 12.2. The Balaban J connectivity index is 2.19. The van der Waals surface area contributed by atoms with E-state index in [1.165, 1.54) is 12.1 Å². The number of benzene rings is 1. The summed E-state index contributed by atoms with van der Waals surface area (Å²) in [6.07, 6.45) is 2.63. The van der Waals surface area contributed by atoms with Crippen LogP contribution in [0.15, 0.2) is 42.6 Å². The van der Waals surface area contributed by atoms with Gasteiger partial charge in [-0.25, -0.2) is 4.98 Å². The molecular formula is C16H16N4O2. The van der Waals surface area contributed by atoms with Gasteiger partial charge in [-0.15, -0.1) is 0 Å². The summed E-state index contributed by atoms with van der Waals surface area (Å²) in [6, 6.07) is 10.5. The minimum atomic E-state index is -0.400. The van der Waals surface area contributed by atoms with E-state index in [1.54, 1.807) is 12.1 Å². The Morgan fingerprint density at radius 2 is 2.00 bits per heavy atom. The van der Waals surface area contributed by atoms with Crippen molar-refractivity contribution in [2.75, 3.05) is 6.54 Å². The van der Waals surface area contributed by atoms with Crippen molar-refractivity contribution in [1.82, 2.24) is 9.38 Å². The van der Waals surface area contributed by atoms with E-state index >= 15 is 0 Å². The number of pyridine rings is 1. The Hall–Kier alpha value is -2.73. The molecule has 0 aliphatic rings. The SMILES string of the molecule is Cc1ccn2c(-c3ccc([N+](=O)[O-])cc3)c(CCN)nc2c1. The van der Waals surface area contributed by atoms with Crippen LogP contribution in [0.1, 0.15) is 11.3 Å². The molecule has 22 heavy (non-hydrogen) atoms. The molecule has 6 nitrogen and oxygen atoms in total. The molecule has 0 saturated carbocycles. The van der Waals surface area contributed by atoms with Crippen molar-refractivity contribution in [2.24, 2.45) is 5.73 Å². The summed E-state index contributed by atoms with van der Waals surface area (Å²) in [5.74, 6) is 0. The lowest BCUT2D eigenvalue weighted by Gasteiger charge is -2.05. The van der Waals surface area contributed by atoms with Gasteiger partial charge in [-0.05, 0) is 43.3 Å². The smallest absolute Gasteiger partial charge is 0.269 e. The van der Waals surface area contributed by atoms with Gasteiger partial charge in [0.05, 0.1) is 16.3 Å². The van der Waals surface area contributed by atoms with Crippen LogP contribution in [0.2, 0.25) is 0 Å². The number of rotatable bonds is 4. The van der Waals surface area contributed by atoms with Crippen molar-refractivity contribution >= 4 is 11.3 Å². The first-order valence-electron chi connectivity index (χ1n) is 7.02. The Morgan fingerprint density at radius 3 is 2.64 bits per heavy atom. The first-order valence-corrected chi connectivity index (χ1v) is 7.02. The van der Waals surface area contributed by atoms with Gasteiger partial charge in [0.2, 0.25) is 0 Å². The number of nitrogens with two attached hydrogens (primary N) is 1. The van der Waals surface area contributed by atoms with Crippen LogP contribution in [0, 0.1) is 17.0 Å². The van der Waals surface area contributed by atoms with Gasteiger partial charge >= 0.3 is 0 Å². The maximum atomic E-state index is 10.8. The van der Waals surface area contributed by atoms with Crippen LogP contribution < -0.4 is 5.73 Å². The topological polar surface area (TPSA) is 86.5 Å². The van der Waals surface area contributed by atoms with Gasteiger partial charge in [0.1, 0.15) is 5.65 Å². The van der Waals surface area contributed by atoms with E-state index in [0.717, 1.165) is 28.2 Å². The molecule has 0 unspecified atom stereocenters. The fourth-order valence-electron chi connectivity index (χ4n) is 2.55. The lowest BCUT2D eigenvalue weighted by atomic mass is 10.1. The zero-order valence-corrected chi connectivity index (χ0v) is 12.2. The molecule has 0 radical (unpaired) electrons. The molecule has 3 aromatic rings. The van der Waals surface area contributed by atoms with E-state index in [9.17, 15) is 10.1 Å². The van der Waals surface area contributed by atoms with E-state index in [-0.39, 0.29) is 5.69 Å². The minimum Gasteiger partial charge on any atom is -0.330 e. The molecule has 0 fully saturated rings. The first kappa shape index (κ1) is 14.2. The molecule has 2 aromatic heterocycles. The number of nitrogens with zero attached hydrogens (tertiary/aromatic N) is 3. The van der Waals surface area contributed by atoms with Gasteiger partial charge in [0, 0.05) is 30.3 Å². The molecule has 2 heterocycles. The summed E-state index contributed by atoms with van der Waals surface area (Å²) in [4.78, 5) is 15.0. The fourth-order valence-corrected chi connectivity index (χ4v) is 2.55. The van der Waals surface area contributed by atoms with Crippen LogP contribution in [-0.2, 0) is 6.42 Å². The third-order valence-electron chi connectivity index (χ3n) is 3.59. The number of nitro groups is 1. The van der Waals surface area contributed by atoms with Gasteiger partial charge < -0.3 is 5.73 Å². The van der Waals surface area contributed by atoms with E-state index < -0.39 is 4.92 Å². The van der Waals surface area contributed by atoms with Crippen LogP contribution in [0.5, 0.6) is 0 Å². The minimum absolute atomic E-state index is 0.0776. The number of fused-ring (bicyclic) bond motifs is 1. The summed E-state index contributed by atoms with van der Waals surface area (Å²) in [7, 11) is 0. The van der Waals surface area contributed by atoms with Crippen molar-refractivity contribution in [3.05, 3.63) is 64.0 Å². The molecule has 0 aliphatic carbocycles. The third kappa shape index (κ3) is 2.44. The van der Waals surface area contributed by atoms with Crippen LogP contribution in [-0.4, -0.2) is 20.9 Å². The molecule has 0 aliphatic heterocycles. The normalized spacial score (nSPS) is 11.0. The second-order valence-electron chi connectivity index (χ2n) is 5.18. The molecule has 3 rings (SSSR count). The number of hydrogen-bond acceptors (Lipinski definition) is 4. The Bertz CT molecular complexity index is 837. The predicted octanol–water partition coefficient (Wildman–Crippen LogP) is 2.72. The summed E-state index contributed by atoms with van der Waals surface area (Å²) < 4.78 is 2.00. The predicted molar refractivity (Wildman–Crippen MR) is 84.8 cm³/mol. The third-order valence-corrected chi connectivity index (χ3v) is 3.59. The lowest BCUT2D eigenvalue weighted by Crippen LogP contribution is -2.04. The Kier molecular flexibility index (Phi) is 3.60. The standard InChI is InChI=1S/C16H16N4O2/c1-11-7-9-19-15(10-11)18-14(6-8-17)16(19)12-2-4-13(5-3-12)20(21)22/h2-5,7,9-10H,6,8,17H2,1H3. The van der Waals surface area contributed by atoms with Crippen molar-refractivity contribution in [2.45, 2.75) is 13.3 Å². The first-order chi connectivity index (χ1) is 10.6. The van der Waals surface area contributed by atoms with Gasteiger partial charge in [0.15, 0.2) is 0 Å². The number of nitro benzene ring substituents is 1. The van der Waals surface area contributed by atoms with Gasteiger partial charge in [-0.3, -0.25) is 14.5 Å². The number of aryl methyl sites for hydroxylation is 1. The van der Waals surface area contributed by atoms with E-state index in [4.69, 9.17) is 5.73 Å². The molecule has 6 heteroatoms. The molecule has 112 valence electrons. The van der Waals surface area contributed by atoms with Crippen LogP contribution in [0.4, 0.5) is 5.69 Å². The van der Waals surface area contributed by atoms with Crippen molar-refractivity contribution < 1.29 is 4.92 Å². The molecule has 0 saturated heterocycles. The number of hydrogen-bond donors (Lipinski definition) is 1. The molecule has 0 spiro atoms. The maximum absolute atomic E-state index is 10.8. The summed E-state index contributed by atoms with van der Waals surface area (Å²) in [5, 5.41) is 10.8. The molecule has 0 bridgehead atoms. The maximum Gasteiger partial charge on any atom is 0.269 e. The highest BCUT2D eigenvalue weighted by Crippen LogP contribution is 2.27. The van der Waals surface area contributed by atoms with Crippen LogP contribution >= 0.6 is 0 Å². The van der Waals surface area contributed by atoms with Crippen molar-refractivity contribution in [3.8, 4) is 11.3 Å². The summed E-state index contributed by atoms with van der Waals surface area (Å²) in [5.41, 5.74) is 10.5. The molecule has 0 amide bonds. The Labute approximate surface area is 127 Å². The monoisotopic (exact) mass is 296 g/mol. The van der Waals surface area contributed by atoms with Crippen LogP contribution in [0.25, 0.3) is 16.9 Å². The van der Waals surface area contributed by atoms with Crippen molar-refractivity contribution in [3.63, 3.8) is 0 Å². The molecule has 0 atom stereocenters. The van der Waals surface area contributed by atoms with Gasteiger partial charge in [0.25, 0.3) is 5.69 Å². The highest BCUT2D eigenvalue weighted by Gasteiger charge is 2.15. The quantitative estimate of drug-likeness (QED) is 0.592. The Morgan fingerprint density at radius 1 is 1.27 bits per heavy atom. The van der Waals surface area contributed by atoms with E-state index in [2.05, 4.69) is 4.98 Å². The second kappa shape index (κ2) is 5.57. The second-order valence-corrected chi connectivity index (χ2v) is 5.18. The molecule has 1 aromatic carbocycles. The van der Waals surface area contributed by atoms with Crippen molar-refractivity contribution in [1.29, 1.82) is 0 Å².